The van der Waals surface area contributed by atoms with E-state index in [0.29, 0.717) is 0 Å². The van der Waals surface area contributed by atoms with Gasteiger partial charge in [-0.2, -0.15) is 0 Å². The zero-order valence-electron chi connectivity index (χ0n) is 11.8. The molecule has 4 heteroatoms. The van der Waals surface area contributed by atoms with Crippen LogP contribution in [0.3, 0.4) is 0 Å². The fraction of sp³-hybridized carbons (Fsp3) is 0.467. The van der Waals surface area contributed by atoms with Crippen molar-refractivity contribution in [2.45, 2.75) is 20.3 Å². The molecule has 1 aromatic heterocycles. The van der Waals surface area contributed by atoms with Gasteiger partial charge in [-0.3, -0.25) is 4.98 Å². The number of benzene rings is 1. The van der Waals surface area contributed by atoms with Crippen molar-refractivity contribution in [3.63, 3.8) is 0 Å². The fourth-order valence-corrected chi connectivity index (χ4v) is 2.13. The lowest BCUT2D eigenvalue weighted by Gasteiger charge is -2.19. The first-order valence-corrected chi connectivity index (χ1v) is 7.01. The van der Waals surface area contributed by atoms with Crippen molar-refractivity contribution in [3.05, 3.63) is 30.5 Å². The molecule has 0 aliphatic heterocycles. The summed E-state index contributed by atoms with van der Waals surface area (Å²) >= 11 is 0. The van der Waals surface area contributed by atoms with E-state index in [2.05, 4.69) is 34.0 Å². The van der Waals surface area contributed by atoms with Gasteiger partial charge in [0.15, 0.2) is 0 Å². The van der Waals surface area contributed by atoms with Gasteiger partial charge in [0.25, 0.3) is 0 Å². The molecule has 0 saturated heterocycles. The molecular weight excluding hydrogens is 236 g/mol. The Morgan fingerprint density at radius 3 is 2.63 bits per heavy atom. The number of nitrogens with zero attached hydrogens (tertiary/aromatic N) is 3. The molecule has 4 nitrogen and oxygen atoms in total. The Hall–Kier alpha value is -1.68. The first-order valence-electron chi connectivity index (χ1n) is 7.01. The van der Waals surface area contributed by atoms with Crippen LogP contribution >= 0.6 is 0 Å². The van der Waals surface area contributed by atoms with E-state index in [4.69, 9.17) is 0 Å². The number of hydrogen-bond donors (Lipinski definition) is 1. The highest BCUT2D eigenvalue weighted by Crippen LogP contribution is 2.10. The van der Waals surface area contributed by atoms with Gasteiger partial charge in [0.2, 0.25) is 0 Å². The quantitative estimate of drug-likeness (QED) is 0.829. The van der Waals surface area contributed by atoms with Gasteiger partial charge in [-0.25, -0.2) is 4.98 Å². The van der Waals surface area contributed by atoms with Gasteiger partial charge in [0.05, 0.1) is 17.2 Å². The number of rotatable bonds is 7. The maximum absolute atomic E-state index is 4.55. The summed E-state index contributed by atoms with van der Waals surface area (Å²) in [5.74, 6) is 0.853. The van der Waals surface area contributed by atoms with Gasteiger partial charge in [0.1, 0.15) is 5.82 Å². The number of aromatic nitrogens is 2. The first kappa shape index (κ1) is 13.7. The third-order valence-corrected chi connectivity index (χ3v) is 3.17. The zero-order chi connectivity index (χ0) is 13.5. The highest BCUT2D eigenvalue weighted by Gasteiger charge is 2.01. The van der Waals surface area contributed by atoms with Gasteiger partial charge >= 0.3 is 0 Å². The minimum absolute atomic E-state index is 0.853. The van der Waals surface area contributed by atoms with Crippen LogP contribution in [-0.4, -0.2) is 41.0 Å². The molecule has 1 aromatic carbocycles. The van der Waals surface area contributed by atoms with E-state index in [1.807, 2.05) is 24.3 Å². The molecule has 2 aromatic rings. The molecule has 1 N–H and O–H groups in total. The number of fused-ring (bicyclic) bond motifs is 1. The third-order valence-electron chi connectivity index (χ3n) is 3.17. The van der Waals surface area contributed by atoms with Gasteiger partial charge in [0, 0.05) is 13.1 Å². The maximum Gasteiger partial charge on any atom is 0.145 e. The van der Waals surface area contributed by atoms with Crippen LogP contribution in [0.5, 0.6) is 0 Å². The van der Waals surface area contributed by atoms with Crippen LogP contribution in [0.1, 0.15) is 20.3 Å². The van der Waals surface area contributed by atoms with Crippen LogP contribution in [0.2, 0.25) is 0 Å². The summed E-state index contributed by atoms with van der Waals surface area (Å²) in [6, 6.07) is 7.93. The van der Waals surface area contributed by atoms with E-state index in [9.17, 15) is 0 Å². The largest absolute Gasteiger partial charge is 0.367 e. The number of para-hydroxylation sites is 2. The minimum atomic E-state index is 0.853. The van der Waals surface area contributed by atoms with E-state index in [1.165, 1.54) is 6.42 Å². The Balaban J connectivity index is 1.90. The number of anilines is 1. The molecule has 102 valence electrons. The highest BCUT2D eigenvalue weighted by atomic mass is 15.1. The lowest BCUT2D eigenvalue weighted by Crippen LogP contribution is -2.29. The zero-order valence-corrected chi connectivity index (χ0v) is 11.8. The predicted molar refractivity (Wildman–Crippen MR) is 80.4 cm³/mol. The highest BCUT2D eigenvalue weighted by molar-refractivity contribution is 5.75. The van der Waals surface area contributed by atoms with Gasteiger partial charge < -0.3 is 10.2 Å². The summed E-state index contributed by atoms with van der Waals surface area (Å²) in [6.07, 6.45) is 3.00. The van der Waals surface area contributed by atoms with E-state index >= 15 is 0 Å². The number of likely N-dealkylation sites (N-methyl/N-ethyl adjacent to an activating group) is 1. The lowest BCUT2D eigenvalue weighted by molar-refractivity contribution is 0.300. The average Bonchev–Trinajstić information content (AvgIpc) is 2.46. The molecule has 0 saturated carbocycles. The maximum atomic E-state index is 4.55. The van der Waals surface area contributed by atoms with Crippen molar-refractivity contribution in [1.82, 2.24) is 14.9 Å². The second kappa shape index (κ2) is 7.04. The van der Waals surface area contributed by atoms with Crippen molar-refractivity contribution in [1.29, 1.82) is 0 Å². The summed E-state index contributed by atoms with van der Waals surface area (Å²) in [7, 11) is 0. The van der Waals surface area contributed by atoms with Crippen molar-refractivity contribution in [2.24, 2.45) is 0 Å². The van der Waals surface area contributed by atoms with Crippen molar-refractivity contribution in [3.8, 4) is 0 Å². The van der Waals surface area contributed by atoms with E-state index < -0.39 is 0 Å². The smallest absolute Gasteiger partial charge is 0.145 e. The molecule has 2 rings (SSSR count). The summed E-state index contributed by atoms with van der Waals surface area (Å²) < 4.78 is 0. The van der Waals surface area contributed by atoms with Gasteiger partial charge in [-0.1, -0.05) is 26.0 Å². The van der Waals surface area contributed by atoms with Gasteiger partial charge in [-0.15, -0.1) is 0 Å². The fourth-order valence-electron chi connectivity index (χ4n) is 2.13. The van der Waals surface area contributed by atoms with E-state index in [0.717, 1.165) is 43.0 Å². The molecule has 0 atom stereocenters. The molecule has 0 aliphatic carbocycles. The second-order valence-electron chi connectivity index (χ2n) is 4.60. The standard InChI is InChI=1S/C15H22N4/c1-3-10-19(4-2)11-9-16-15-12-17-13-7-5-6-8-14(13)18-15/h5-8,12H,3-4,9-11H2,1-2H3,(H,16,18). The minimum Gasteiger partial charge on any atom is -0.367 e. The van der Waals surface area contributed by atoms with Crippen LogP contribution in [0.15, 0.2) is 30.5 Å². The van der Waals surface area contributed by atoms with Crippen LogP contribution in [0.25, 0.3) is 11.0 Å². The molecule has 19 heavy (non-hydrogen) atoms. The molecule has 0 bridgehead atoms. The normalized spacial score (nSPS) is 11.1. The Labute approximate surface area is 114 Å². The molecule has 0 amide bonds. The summed E-state index contributed by atoms with van der Waals surface area (Å²) in [6.45, 7) is 8.61. The molecule has 0 aliphatic rings. The number of hydrogen-bond acceptors (Lipinski definition) is 4. The third kappa shape index (κ3) is 3.89. The molecule has 1 heterocycles. The SMILES string of the molecule is CCCN(CC)CCNc1cnc2ccccc2n1. The first-order chi connectivity index (χ1) is 9.33. The molecule has 0 spiro atoms. The Morgan fingerprint density at radius 2 is 1.89 bits per heavy atom. The second-order valence-corrected chi connectivity index (χ2v) is 4.60. The Kier molecular flexibility index (Phi) is 5.10. The number of nitrogens with one attached hydrogen (secondary N) is 1. The molecule has 0 fully saturated rings. The topological polar surface area (TPSA) is 41.0 Å². The average molecular weight is 258 g/mol. The lowest BCUT2D eigenvalue weighted by atomic mass is 10.3. The Morgan fingerprint density at radius 1 is 1.11 bits per heavy atom. The summed E-state index contributed by atoms with van der Waals surface area (Å²) in [5.41, 5.74) is 1.88. The summed E-state index contributed by atoms with van der Waals surface area (Å²) in [5, 5.41) is 3.34. The monoisotopic (exact) mass is 258 g/mol. The van der Waals surface area contributed by atoms with Crippen LogP contribution < -0.4 is 5.32 Å². The predicted octanol–water partition coefficient (Wildman–Crippen LogP) is 2.77. The van der Waals surface area contributed by atoms with E-state index in [-0.39, 0.29) is 0 Å². The van der Waals surface area contributed by atoms with Crippen molar-refractivity contribution >= 4 is 16.9 Å². The van der Waals surface area contributed by atoms with Gasteiger partial charge in [-0.05, 0) is 31.6 Å². The summed E-state index contributed by atoms with van der Waals surface area (Å²) in [4.78, 5) is 11.4. The van der Waals surface area contributed by atoms with Crippen LogP contribution in [0, 0.1) is 0 Å². The van der Waals surface area contributed by atoms with Crippen LogP contribution in [0.4, 0.5) is 5.82 Å². The Bertz CT molecular complexity index is 512. The van der Waals surface area contributed by atoms with E-state index in [1.54, 1.807) is 6.20 Å². The van der Waals surface area contributed by atoms with Crippen molar-refractivity contribution < 1.29 is 0 Å². The van der Waals surface area contributed by atoms with Crippen LogP contribution in [-0.2, 0) is 0 Å². The molecular formula is C15H22N4. The molecule has 0 radical (unpaired) electrons. The van der Waals surface area contributed by atoms with Crippen molar-refractivity contribution in [2.75, 3.05) is 31.5 Å². The molecule has 0 unspecified atom stereocenters.